The SMILES string of the molecule is c1ccc2oc(-c3cnc4ccc(OC[C@@H]5CCCN5)nn34)cc2c1. The van der Waals surface area contributed by atoms with Gasteiger partial charge in [-0.15, -0.1) is 5.10 Å². The Balaban J connectivity index is 1.49. The van der Waals surface area contributed by atoms with Gasteiger partial charge >= 0.3 is 0 Å². The molecular weight excluding hydrogens is 316 g/mol. The van der Waals surface area contributed by atoms with E-state index < -0.39 is 0 Å². The van der Waals surface area contributed by atoms with Gasteiger partial charge in [0.15, 0.2) is 11.4 Å². The molecule has 0 unspecified atom stereocenters. The highest BCUT2D eigenvalue weighted by atomic mass is 16.5. The fourth-order valence-corrected chi connectivity index (χ4v) is 3.29. The molecule has 1 saturated heterocycles. The van der Waals surface area contributed by atoms with Crippen LogP contribution in [0.4, 0.5) is 0 Å². The summed E-state index contributed by atoms with van der Waals surface area (Å²) in [6, 6.07) is 14.1. The molecule has 6 heteroatoms. The third-order valence-electron chi connectivity index (χ3n) is 4.61. The van der Waals surface area contributed by atoms with E-state index in [1.54, 1.807) is 10.7 Å². The molecule has 1 aliphatic heterocycles. The molecule has 1 N–H and O–H groups in total. The number of hydrogen-bond donors (Lipinski definition) is 1. The molecule has 4 aromatic rings. The number of rotatable bonds is 4. The first kappa shape index (κ1) is 14.5. The van der Waals surface area contributed by atoms with E-state index in [1.807, 2.05) is 42.5 Å². The average Bonchev–Trinajstić information content (AvgIpc) is 3.37. The number of para-hydroxylation sites is 1. The number of aromatic nitrogens is 3. The van der Waals surface area contributed by atoms with E-state index in [0.29, 0.717) is 18.5 Å². The summed E-state index contributed by atoms with van der Waals surface area (Å²) in [5.41, 5.74) is 2.43. The summed E-state index contributed by atoms with van der Waals surface area (Å²) in [5, 5.41) is 9.07. The van der Waals surface area contributed by atoms with Gasteiger partial charge in [0.25, 0.3) is 0 Å². The van der Waals surface area contributed by atoms with Crippen LogP contribution in [0.15, 0.2) is 53.1 Å². The number of fused-ring (bicyclic) bond motifs is 2. The number of imidazole rings is 1. The van der Waals surface area contributed by atoms with Crippen molar-refractivity contribution in [3.8, 4) is 17.3 Å². The van der Waals surface area contributed by atoms with Crippen LogP contribution in [0.2, 0.25) is 0 Å². The second-order valence-electron chi connectivity index (χ2n) is 6.34. The molecule has 1 aliphatic rings. The summed E-state index contributed by atoms with van der Waals surface area (Å²) < 4.78 is 13.6. The Hall–Kier alpha value is -2.86. The van der Waals surface area contributed by atoms with Gasteiger partial charge < -0.3 is 14.5 Å². The normalized spacial score (nSPS) is 17.5. The van der Waals surface area contributed by atoms with Gasteiger partial charge in [0.1, 0.15) is 17.9 Å². The fourth-order valence-electron chi connectivity index (χ4n) is 3.29. The van der Waals surface area contributed by atoms with Crippen molar-refractivity contribution in [1.82, 2.24) is 19.9 Å². The van der Waals surface area contributed by atoms with Crippen LogP contribution in [0, 0.1) is 0 Å². The Kier molecular flexibility index (Phi) is 3.41. The Bertz CT molecular complexity index is 997. The highest BCUT2D eigenvalue weighted by molar-refractivity contribution is 5.82. The quantitative estimate of drug-likeness (QED) is 0.620. The standard InChI is InChI=1S/C19H18N4O2/c1-2-6-16-13(4-1)10-17(25-16)15-11-21-18-7-8-19(22-23(15)18)24-12-14-5-3-9-20-14/h1-2,4,6-8,10-11,14,20H,3,5,9,12H2/t14-/m0/s1. The molecule has 1 aromatic carbocycles. The summed E-state index contributed by atoms with van der Waals surface area (Å²) in [5.74, 6) is 1.34. The van der Waals surface area contributed by atoms with Crippen LogP contribution < -0.4 is 10.1 Å². The van der Waals surface area contributed by atoms with Crippen LogP contribution in [0.1, 0.15) is 12.8 Å². The minimum Gasteiger partial charge on any atom is -0.475 e. The summed E-state index contributed by atoms with van der Waals surface area (Å²) in [6.07, 6.45) is 4.14. The zero-order chi connectivity index (χ0) is 16.6. The molecule has 0 bridgehead atoms. The van der Waals surface area contributed by atoms with Crippen molar-refractivity contribution < 1.29 is 9.15 Å². The molecule has 0 aliphatic carbocycles. The van der Waals surface area contributed by atoms with Crippen molar-refractivity contribution in [1.29, 1.82) is 0 Å². The number of nitrogens with zero attached hydrogens (tertiary/aromatic N) is 3. The number of furan rings is 1. The number of nitrogens with one attached hydrogen (secondary N) is 1. The minimum atomic E-state index is 0.412. The molecule has 5 rings (SSSR count). The third kappa shape index (κ3) is 2.64. The predicted molar refractivity (Wildman–Crippen MR) is 94.7 cm³/mol. The number of ether oxygens (including phenoxy) is 1. The van der Waals surface area contributed by atoms with Gasteiger partial charge in [-0.3, -0.25) is 0 Å². The van der Waals surface area contributed by atoms with Gasteiger partial charge in [-0.25, -0.2) is 9.50 Å². The Morgan fingerprint density at radius 1 is 1.24 bits per heavy atom. The van der Waals surface area contributed by atoms with Gasteiger partial charge in [-0.1, -0.05) is 18.2 Å². The third-order valence-corrected chi connectivity index (χ3v) is 4.61. The zero-order valence-electron chi connectivity index (χ0n) is 13.7. The molecule has 3 aromatic heterocycles. The van der Waals surface area contributed by atoms with Gasteiger partial charge in [-0.05, 0) is 37.6 Å². The van der Waals surface area contributed by atoms with Gasteiger partial charge in [0.05, 0.1) is 6.20 Å². The lowest BCUT2D eigenvalue weighted by molar-refractivity contribution is 0.264. The zero-order valence-corrected chi connectivity index (χ0v) is 13.7. The Morgan fingerprint density at radius 3 is 3.08 bits per heavy atom. The fraction of sp³-hybridized carbons (Fsp3) is 0.263. The maximum Gasteiger partial charge on any atom is 0.231 e. The molecule has 1 fully saturated rings. The van der Waals surface area contributed by atoms with Gasteiger partial charge in [0.2, 0.25) is 5.88 Å². The first-order valence-electron chi connectivity index (χ1n) is 8.57. The van der Waals surface area contributed by atoms with E-state index in [2.05, 4.69) is 15.4 Å². The van der Waals surface area contributed by atoms with Crippen molar-refractivity contribution in [3.63, 3.8) is 0 Å². The number of benzene rings is 1. The van der Waals surface area contributed by atoms with Crippen molar-refractivity contribution >= 4 is 16.6 Å². The molecule has 4 heterocycles. The minimum absolute atomic E-state index is 0.412. The molecule has 25 heavy (non-hydrogen) atoms. The molecule has 1 atom stereocenters. The summed E-state index contributed by atoms with van der Waals surface area (Å²) in [7, 11) is 0. The van der Waals surface area contributed by atoms with Crippen molar-refractivity contribution in [2.24, 2.45) is 0 Å². The van der Waals surface area contributed by atoms with Crippen molar-refractivity contribution in [3.05, 3.63) is 48.7 Å². The van der Waals surface area contributed by atoms with E-state index in [-0.39, 0.29) is 0 Å². The van der Waals surface area contributed by atoms with Crippen molar-refractivity contribution in [2.75, 3.05) is 13.2 Å². The Morgan fingerprint density at radius 2 is 2.20 bits per heavy atom. The van der Waals surface area contributed by atoms with Crippen LogP contribution in [0.3, 0.4) is 0 Å². The van der Waals surface area contributed by atoms with Crippen LogP contribution in [-0.4, -0.2) is 33.8 Å². The van der Waals surface area contributed by atoms with E-state index >= 15 is 0 Å². The van der Waals surface area contributed by atoms with Crippen LogP contribution in [0.25, 0.3) is 28.1 Å². The lowest BCUT2D eigenvalue weighted by Crippen LogP contribution is -2.28. The van der Waals surface area contributed by atoms with Gasteiger partial charge in [-0.2, -0.15) is 0 Å². The van der Waals surface area contributed by atoms with Crippen LogP contribution in [0.5, 0.6) is 5.88 Å². The smallest absolute Gasteiger partial charge is 0.231 e. The molecule has 0 radical (unpaired) electrons. The second-order valence-corrected chi connectivity index (χ2v) is 6.34. The molecule has 6 nitrogen and oxygen atoms in total. The molecular formula is C19H18N4O2. The van der Waals surface area contributed by atoms with Crippen molar-refractivity contribution in [2.45, 2.75) is 18.9 Å². The number of hydrogen-bond acceptors (Lipinski definition) is 5. The predicted octanol–water partition coefficient (Wildman–Crippen LogP) is 3.27. The van der Waals surface area contributed by atoms with Crippen LogP contribution in [-0.2, 0) is 0 Å². The molecule has 0 spiro atoms. The maximum absolute atomic E-state index is 5.95. The van der Waals surface area contributed by atoms with E-state index in [1.165, 1.54) is 6.42 Å². The Labute approximate surface area is 144 Å². The first-order chi connectivity index (χ1) is 12.4. The largest absolute Gasteiger partial charge is 0.475 e. The maximum atomic E-state index is 5.95. The first-order valence-corrected chi connectivity index (χ1v) is 8.57. The summed E-state index contributed by atoms with van der Waals surface area (Å²) >= 11 is 0. The van der Waals surface area contributed by atoms with E-state index in [9.17, 15) is 0 Å². The summed E-state index contributed by atoms with van der Waals surface area (Å²) in [4.78, 5) is 4.42. The highest BCUT2D eigenvalue weighted by Crippen LogP contribution is 2.28. The molecule has 0 amide bonds. The lowest BCUT2D eigenvalue weighted by Gasteiger charge is -2.11. The van der Waals surface area contributed by atoms with E-state index in [4.69, 9.17) is 9.15 Å². The monoisotopic (exact) mass is 334 g/mol. The average molecular weight is 334 g/mol. The molecule has 126 valence electrons. The molecule has 0 saturated carbocycles. The van der Waals surface area contributed by atoms with Gasteiger partial charge in [0, 0.05) is 17.5 Å². The second kappa shape index (κ2) is 5.89. The van der Waals surface area contributed by atoms with Crippen LogP contribution >= 0.6 is 0 Å². The summed E-state index contributed by atoms with van der Waals surface area (Å²) in [6.45, 7) is 1.70. The highest BCUT2D eigenvalue weighted by Gasteiger charge is 2.16. The topological polar surface area (TPSA) is 64.6 Å². The lowest BCUT2D eigenvalue weighted by atomic mass is 10.2. The van der Waals surface area contributed by atoms with E-state index in [0.717, 1.165) is 41.0 Å².